The van der Waals surface area contributed by atoms with Crippen LogP contribution in [-0.2, 0) is 9.53 Å². The molecule has 0 fully saturated rings. The number of aliphatic hydroxyl groups excluding tert-OH is 1. The van der Waals surface area contributed by atoms with E-state index in [1.807, 2.05) is 0 Å². The SMILES string of the molecule is COCC(=O)N(C)C(C)(C)CO. The highest BCUT2D eigenvalue weighted by Gasteiger charge is 2.26. The van der Waals surface area contributed by atoms with E-state index in [2.05, 4.69) is 0 Å². The summed E-state index contributed by atoms with van der Waals surface area (Å²) < 4.78 is 4.69. The summed E-state index contributed by atoms with van der Waals surface area (Å²) in [5.74, 6) is -0.128. The van der Waals surface area contributed by atoms with Gasteiger partial charge in [-0.25, -0.2) is 0 Å². The maximum atomic E-state index is 11.2. The molecule has 0 atom stereocenters. The normalized spacial score (nSPS) is 11.4. The first-order valence-corrected chi connectivity index (χ1v) is 3.82. The number of hydrogen-bond donors (Lipinski definition) is 1. The van der Waals surface area contributed by atoms with Crippen molar-refractivity contribution in [3.63, 3.8) is 0 Å². The van der Waals surface area contributed by atoms with Crippen LogP contribution >= 0.6 is 0 Å². The van der Waals surface area contributed by atoms with Crippen LogP contribution in [0.1, 0.15) is 13.8 Å². The molecule has 0 radical (unpaired) electrons. The minimum Gasteiger partial charge on any atom is -0.394 e. The van der Waals surface area contributed by atoms with Crippen molar-refractivity contribution in [2.75, 3.05) is 27.4 Å². The van der Waals surface area contributed by atoms with Gasteiger partial charge in [0, 0.05) is 14.2 Å². The lowest BCUT2D eigenvalue weighted by Gasteiger charge is -2.33. The van der Waals surface area contributed by atoms with Crippen LogP contribution in [0.25, 0.3) is 0 Å². The molecule has 0 aromatic rings. The van der Waals surface area contributed by atoms with E-state index in [0.717, 1.165) is 0 Å². The Morgan fingerprint density at radius 1 is 1.58 bits per heavy atom. The Hall–Kier alpha value is -0.610. The molecule has 0 rings (SSSR count). The number of amides is 1. The molecular formula is C8H17NO3. The van der Waals surface area contributed by atoms with E-state index in [9.17, 15) is 4.79 Å². The van der Waals surface area contributed by atoms with Crippen LogP contribution in [0.2, 0.25) is 0 Å². The van der Waals surface area contributed by atoms with Crippen LogP contribution < -0.4 is 0 Å². The van der Waals surface area contributed by atoms with Crippen LogP contribution in [0.5, 0.6) is 0 Å². The standard InChI is InChI=1S/C8H17NO3/c1-8(2,6-10)9(3)7(11)5-12-4/h10H,5-6H2,1-4H3. The van der Waals surface area contributed by atoms with Crippen molar-refractivity contribution in [1.29, 1.82) is 0 Å². The molecule has 0 aliphatic heterocycles. The van der Waals surface area contributed by atoms with E-state index in [4.69, 9.17) is 9.84 Å². The lowest BCUT2D eigenvalue weighted by molar-refractivity contribution is -0.139. The molecule has 0 bridgehead atoms. The van der Waals surface area contributed by atoms with Gasteiger partial charge in [0.1, 0.15) is 6.61 Å². The molecule has 0 unspecified atom stereocenters. The monoisotopic (exact) mass is 175 g/mol. The van der Waals surface area contributed by atoms with Gasteiger partial charge in [-0.15, -0.1) is 0 Å². The van der Waals surface area contributed by atoms with Gasteiger partial charge in [0.25, 0.3) is 0 Å². The van der Waals surface area contributed by atoms with Gasteiger partial charge < -0.3 is 14.7 Å². The maximum Gasteiger partial charge on any atom is 0.248 e. The zero-order valence-corrected chi connectivity index (χ0v) is 8.13. The number of aliphatic hydroxyl groups is 1. The van der Waals surface area contributed by atoms with E-state index in [1.54, 1.807) is 20.9 Å². The zero-order chi connectivity index (χ0) is 9.78. The molecule has 0 aliphatic carbocycles. The fraction of sp³-hybridized carbons (Fsp3) is 0.875. The Balaban J connectivity index is 4.17. The third kappa shape index (κ3) is 2.79. The van der Waals surface area contributed by atoms with Crippen molar-refractivity contribution in [2.45, 2.75) is 19.4 Å². The second kappa shape index (κ2) is 4.42. The van der Waals surface area contributed by atoms with Gasteiger partial charge in [0.15, 0.2) is 0 Å². The Labute approximate surface area is 73.1 Å². The second-order valence-corrected chi connectivity index (χ2v) is 3.36. The van der Waals surface area contributed by atoms with Crippen molar-refractivity contribution in [3.8, 4) is 0 Å². The van der Waals surface area contributed by atoms with Gasteiger partial charge >= 0.3 is 0 Å². The van der Waals surface area contributed by atoms with E-state index in [0.29, 0.717) is 0 Å². The molecule has 0 aliphatic rings. The number of methoxy groups -OCH3 is 1. The highest BCUT2D eigenvalue weighted by atomic mass is 16.5. The lowest BCUT2D eigenvalue weighted by Crippen LogP contribution is -2.48. The summed E-state index contributed by atoms with van der Waals surface area (Å²) in [6.07, 6.45) is 0. The molecule has 72 valence electrons. The first-order chi connectivity index (χ1) is 5.45. The average molecular weight is 175 g/mol. The van der Waals surface area contributed by atoms with Crippen molar-refractivity contribution >= 4 is 5.91 Å². The van der Waals surface area contributed by atoms with E-state index in [-0.39, 0.29) is 19.1 Å². The lowest BCUT2D eigenvalue weighted by atomic mass is 10.1. The molecule has 0 aromatic carbocycles. The summed E-state index contributed by atoms with van der Waals surface area (Å²) in [7, 11) is 3.12. The summed E-state index contributed by atoms with van der Waals surface area (Å²) in [5.41, 5.74) is -0.518. The Morgan fingerprint density at radius 3 is 2.42 bits per heavy atom. The number of rotatable bonds is 4. The fourth-order valence-corrected chi connectivity index (χ4v) is 0.664. The second-order valence-electron chi connectivity index (χ2n) is 3.36. The molecule has 0 saturated carbocycles. The number of carbonyl (C=O) groups is 1. The van der Waals surface area contributed by atoms with Crippen LogP contribution in [-0.4, -0.2) is 48.8 Å². The molecule has 0 saturated heterocycles. The van der Waals surface area contributed by atoms with Gasteiger partial charge in [-0.2, -0.15) is 0 Å². The zero-order valence-electron chi connectivity index (χ0n) is 8.13. The smallest absolute Gasteiger partial charge is 0.248 e. The third-order valence-electron chi connectivity index (χ3n) is 1.94. The van der Waals surface area contributed by atoms with Gasteiger partial charge in [-0.1, -0.05) is 0 Å². The van der Waals surface area contributed by atoms with Crippen LogP contribution in [0.4, 0.5) is 0 Å². The highest BCUT2D eigenvalue weighted by molar-refractivity contribution is 5.77. The molecule has 1 amide bonds. The van der Waals surface area contributed by atoms with E-state index < -0.39 is 5.54 Å². The number of hydrogen-bond acceptors (Lipinski definition) is 3. The number of nitrogens with zero attached hydrogens (tertiary/aromatic N) is 1. The summed E-state index contributed by atoms with van der Waals surface area (Å²) >= 11 is 0. The molecule has 0 spiro atoms. The largest absolute Gasteiger partial charge is 0.394 e. The summed E-state index contributed by atoms with van der Waals surface area (Å²) in [6, 6.07) is 0. The van der Waals surface area contributed by atoms with Crippen molar-refractivity contribution in [2.24, 2.45) is 0 Å². The molecule has 4 nitrogen and oxygen atoms in total. The Bertz CT molecular complexity index is 156. The predicted molar refractivity (Wildman–Crippen MR) is 45.8 cm³/mol. The maximum absolute atomic E-state index is 11.2. The molecule has 0 heterocycles. The summed E-state index contributed by atoms with van der Waals surface area (Å²) in [6.45, 7) is 3.58. The van der Waals surface area contributed by atoms with Crippen LogP contribution in [0.15, 0.2) is 0 Å². The summed E-state index contributed by atoms with van der Waals surface area (Å²) in [5, 5.41) is 8.95. The predicted octanol–water partition coefficient (Wildman–Crippen LogP) is -0.138. The van der Waals surface area contributed by atoms with E-state index in [1.165, 1.54) is 12.0 Å². The highest BCUT2D eigenvalue weighted by Crippen LogP contribution is 2.10. The number of ether oxygens (including phenoxy) is 1. The fourth-order valence-electron chi connectivity index (χ4n) is 0.664. The van der Waals surface area contributed by atoms with E-state index >= 15 is 0 Å². The van der Waals surface area contributed by atoms with Gasteiger partial charge in [0.05, 0.1) is 12.1 Å². The van der Waals surface area contributed by atoms with Gasteiger partial charge in [0.2, 0.25) is 5.91 Å². The van der Waals surface area contributed by atoms with Crippen LogP contribution in [0, 0.1) is 0 Å². The van der Waals surface area contributed by atoms with Crippen LogP contribution in [0.3, 0.4) is 0 Å². The first-order valence-electron chi connectivity index (χ1n) is 3.82. The number of likely N-dealkylation sites (N-methyl/N-ethyl adjacent to an activating group) is 1. The molecule has 1 N–H and O–H groups in total. The summed E-state index contributed by atoms with van der Waals surface area (Å²) in [4.78, 5) is 12.7. The minimum atomic E-state index is -0.518. The Kier molecular flexibility index (Phi) is 4.20. The third-order valence-corrected chi connectivity index (χ3v) is 1.94. The Morgan fingerprint density at radius 2 is 2.08 bits per heavy atom. The average Bonchev–Trinajstić information content (AvgIpc) is 2.03. The topological polar surface area (TPSA) is 49.8 Å². The van der Waals surface area contributed by atoms with Crippen molar-refractivity contribution in [3.05, 3.63) is 0 Å². The molecule has 0 aromatic heterocycles. The molecule has 4 heteroatoms. The number of carbonyl (C=O) groups excluding carboxylic acids is 1. The van der Waals surface area contributed by atoms with Crippen molar-refractivity contribution in [1.82, 2.24) is 4.90 Å². The molecular weight excluding hydrogens is 158 g/mol. The van der Waals surface area contributed by atoms with Gasteiger partial charge in [-0.05, 0) is 13.8 Å². The molecule has 12 heavy (non-hydrogen) atoms. The minimum absolute atomic E-state index is 0.0555. The first kappa shape index (κ1) is 11.4. The quantitative estimate of drug-likeness (QED) is 0.647. The van der Waals surface area contributed by atoms with Gasteiger partial charge in [-0.3, -0.25) is 4.79 Å². The van der Waals surface area contributed by atoms with Crippen molar-refractivity contribution < 1.29 is 14.6 Å².